The van der Waals surface area contributed by atoms with Crippen LogP contribution in [0.4, 0.5) is 0 Å². The van der Waals surface area contributed by atoms with Crippen molar-refractivity contribution in [1.29, 1.82) is 0 Å². The van der Waals surface area contributed by atoms with Gasteiger partial charge in [0.05, 0.1) is 6.61 Å². The van der Waals surface area contributed by atoms with Crippen molar-refractivity contribution in [3.63, 3.8) is 0 Å². The number of likely N-dealkylation sites (tertiary alicyclic amines) is 2. The highest BCUT2D eigenvalue weighted by Crippen LogP contribution is 2.33. The summed E-state index contributed by atoms with van der Waals surface area (Å²) in [5, 5.41) is 0. The molecule has 2 unspecified atom stereocenters. The van der Waals surface area contributed by atoms with Gasteiger partial charge in [-0.1, -0.05) is 30.3 Å². The predicted octanol–water partition coefficient (Wildman–Crippen LogP) is 2.70. The molecule has 3 nitrogen and oxygen atoms in total. The van der Waals surface area contributed by atoms with Gasteiger partial charge in [-0.2, -0.15) is 0 Å². The van der Waals surface area contributed by atoms with Gasteiger partial charge < -0.3 is 9.64 Å². The summed E-state index contributed by atoms with van der Waals surface area (Å²) in [5.74, 6) is 1.62. The minimum atomic E-state index is 0.660. The molecule has 2 saturated heterocycles. The molecule has 3 heteroatoms. The molecular weight excluding hydrogens is 248 g/mol. The Kier molecular flexibility index (Phi) is 3.97. The predicted molar refractivity (Wildman–Crippen MR) is 81.1 cm³/mol. The zero-order chi connectivity index (χ0) is 13.9. The fraction of sp³-hybridized carbons (Fsp3) is 0.529. The molecule has 0 spiro atoms. The zero-order valence-electron chi connectivity index (χ0n) is 12.3. The first-order chi connectivity index (χ1) is 9.78. The molecule has 2 fully saturated rings. The van der Waals surface area contributed by atoms with E-state index in [1.807, 2.05) is 6.92 Å². The van der Waals surface area contributed by atoms with E-state index in [1.165, 1.54) is 18.5 Å². The molecule has 2 aliphatic heterocycles. The Morgan fingerprint density at radius 3 is 2.85 bits per heavy atom. The van der Waals surface area contributed by atoms with Gasteiger partial charge in [0.15, 0.2) is 5.88 Å². The molecule has 1 aromatic rings. The lowest BCUT2D eigenvalue weighted by Gasteiger charge is -2.26. The molecule has 0 aromatic heterocycles. The molecule has 0 bridgehead atoms. The van der Waals surface area contributed by atoms with Crippen LogP contribution in [0, 0.1) is 5.92 Å². The second-order valence-corrected chi connectivity index (χ2v) is 5.80. The van der Waals surface area contributed by atoms with E-state index in [1.54, 1.807) is 0 Å². The summed E-state index contributed by atoms with van der Waals surface area (Å²) in [4.78, 5) is 4.94. The van der Waals surface area contributed by atoms with Crippen molar-refractivity contribution in [1.82, 2.24) is 9.80 Å². The number of ether oxygens (including phenoxy) is 1. The van der Waals surface area contributed by atoms with E-state index < -0.39 is 0 Å². The molecular formula is C17H24N2O. The topological polar surface area (TPSA) is 15.7 Å². The van der Waals surface area contributed by atoms with Crippen LogP contribution in [0.2, 0.25) is 0 Å². The van der Waals surface area contributed by atoms with Gasteiger partial charge in [0.2, 0.25) is 0 Å². The van der Waals surface area contributed by atoms with Crippen LogP contribution < -0.4 is 0 Å². The molecule has 1 aromatic carbocycles. The number of rotatable bonds is 5. The standard InChI is InChI=1S/C17H24N2O/c1-3-20-14(2)19-12-16-9-10-18(17(16)13-19)11-15-7-5-4-6-8-15/h4-8,16-17H,2-3,9-13H2,1H3. The molecule has 2 aliphatic rings. The highest BCUT2D eigenvalue weighted by atomic mass is 16.5. The summed E-state index contributed by atoms with van der Waals surface area (Å²) in [7, 11) is 0. The van der Waals surface area contributed by atoms with Crippen molar-refractivity contribution in [2.75, 3.05) is 26.2 Å². The van der Waals surface area contributed by atoms with Gasteiger partial charge in [-0.15, -0.1) is 0 Å². The minimum absolute atomic E-state index is 0.660. The van der Waals surface area contributed by atoms with E-state index in [9.17, 15) is 0 Å². The largest absolute Gasteiger partial charge is 0.480 e. The van der Waals surface area contributed by atoms with Crippen LogP contribution in [-0.4, -0.2) is 42.1 Å². The Morgan fingerprint density at radius 1 is 1.30 bits per heavy atom. The van der Waals surface area contributed by atoms with E-state index >= 15 is 0 Å². The van der Waals surface area contributed by atoms with Gasteiger partial charge in [-0.3, -0.25) is 4.90 Å². The fourth-order valence-corrected chi connectivity index (χ4v) is 3.52. The maximum atomic E-state index is 5.56. The van der Waals surface area contributed by atoms with Gasteiger partial charge in [-0.25, -0.2) is 0 Å². The summed E-state index contributed by atoms with van der Waals surface area (Å²) < 4.78 is 5.56. The van der Waals surface area contributed by atoms with Crippen molar-refractivity contribution in [2.45, 2.75) is 25.9 Å². The lowest BCUT2D eigenvalue weighted by Crippen LogP contribution is -2.34. The number of hydrogen-bond acceptors (Lipinski definition) is 3. The Hall–Kier alpha value is -1.48. The molecule has 108 valence electrons. The third kappa shape index (κ3) is 2.68. The Bertz CT molecular complexity index is 459. The first-order valence-corrected chi connectivity index (χ1v) is 7.62. The summed E-state index contributed by atoms with van der Waals surface area (Å²) in [6.45, 7) is 11.2. The highest BCUT2D eigenvalue weighted by Gasteiger charge is 2.41. The van der Waals surface area contributed by atoms with E-state index in [0.717, 1.165) is 31.4 Å². The van der Waals surface area contributed by atoms with E-state index in [0.29, 0.717) is 12.6 Å². The summed E-state index contributed by atoms with van der Waals surface area (Å²) in [5.41, 5.74) is 1.41. The molecule has 0 amide bonds. The molecule has 20 heavy (non-hydrogen) atoms. The van der Waals surface area contributed by atoms with Crippen LogP contribution in [0.1, 0.15) is 18.9 Å². The van der Waals surface area contributed by atoms with Gasteiger partial charge in [-0.05, 0) is 37.9 Å². The van der Waals surface area contributed by atoms with Gasteiger partial charge >= 0.3 is 0 Å². The van der Waals surface area contributed by atoms with Crippen LogP contribution in [-0.2, 0) is 11.3 Å². The normalized spacial score (nSPS) is 25.8. The van der Waals surface area contributed by atoms with E-state index in [2.05, 4.69) is 46.7 Å². The molecule has 0 N–H and O–H groups in total. The van der Waals surface area contributed by atoms with Gasteiger partial charge in [0, 0.05) is 25.7 Å². The van der Waals surface area contributed by atoms with E-state index in [-0.39, 0.29) is 0 Å². The summed E-state index contributed by atoms with van der Waals surface area (Å²) in [6, 6.07) is 11.4. The Labute approximate surface area is 121 Å². The fourth-order valence-electron chi connectivity index (χ4n) is 3.52. The van der Waals surface area contributed by atoms with Crippen LogP contribution >= 0.6 is 0 Å². The lowest BCUT2D eigenvalue weighted by atomic mass is 10.0. The third-order valence-electron chi connectivity index (χ3n) is 4.55. The maximum absolute atomic E-state index is 5.56. The molecule has 0 saturated carbocycles. The molecule has 2 heterocycles. The quantitative estimate of drug-likeness (QED) is 0.767. The van der Waals surface area contributed by atoms with Crippen LogP contribution in [0.25, 0.3) is 0 Å². The average molecular weight is 272 g/mol. The summed E-state index contributed by atoms with van der Waals surface area (Å²) in [6.07, 6.45) is 1.30. The van der Waals surface area contributed by atoms with Crippen LogP contribution in [0.3, 0.4) is 0 Å². The lowest BCUT2D eigenvalue weighted by molar-refractivity contribution is 0.126. The van der Waals surface area contributed by atoms with Crippen LogP contribution in [0.15, 0.2) is 42.8 Å². The molecule has 3 rings (SSSR count). The van der Waals surface area contributed by atoms with Crippen molar-refractivity contribution in [3.05, 3.63) is 48.4 Å². The highest BCUT2D eigenvalue weighted by molar-refractivity contribution is 5.15. The smallest absolute Gasteiger partial charge is 0.181 e. The Morgan fingerprint density at radius 2 is 2.10 bits per heavy atom. The maximum Gasteiger partial charge on any atom is 0.181 e. The number of benzene rings is 1. The first-order valence-electron chi connectivity index (χ1n) is 7.62. The first kappa shape index (κ1) is 13.5. The molecule has 2 atom stereocenters. The minimum Gasteiger partial charge on any atom is -0.480 e. The van der Waals surface area contributed by atoms with Crippen molar-refractivity contribution >= 4 is 0 Å². The summed E-state index contributed by atoms with van der Waals surface area (Å²) >= 11 is 0. The number of nitrogens with zero attached hydrogens (tertiary/aromatic N) is 2. The number of fused-ring (bicyclic) bond motifs is 1. The van der Waals surface area contributed by atoms with E-state index in [4.69, 9.17) is 4.74 Å². The zero-order valence-corrected chi connectivity index (χ0v) is 12.3. The average Bonchev–Trinajstić information content (AvgIpc) is 3.02. The molecule has 0 radical (unpaired) electrons. The second-order valence-electron chi connectivity index (χ2n) is 5.80. The van der Waals surface area contributed by atoms with Gasteiger partial charge in [0.25, 0.3) is 0 Å². The monoisotopic (exact) mass is 272 g/mol. The second kappa shape index (κ2) is 5.88. The Balaban J connectivity index is 1.61. The third-order valence-corrected chi connectivity index (χ3v) is 4.55. The van der Waals surface area contributed by atoms with Crippen molar-refractivity contribution < 1.29 is 4.74 Å². The molecule has 0 aliphatic carbocycles. The number of hydrogen-bond donors (Lipinski definition) is 0. The van der Waals surface area contributed by atoms with Crippen LogP contribution in [0.5, 0.6) is 0 Å². The van der Waals surface area contributed by atoms with Crippen molar-refractivity contribution in [2.24, 2.45) is 5.92 Å². The SMILES string of the molecule is C=C(OCC)N1CC2CCN(Cc3ccccc3)C2C1. The van der Waals surface area contributed by atoms with Gasteiger partial charge in [0.1, 0.15) is 0 Å². The van der Waals surface area contributed by atoms with Crippen molar-refractivity contribution in [3.8, 4) is 0 Å².